The summed E-state index contributed by atoms with van der Waals surface area (Å²) in [6.45, 7) is 3.14. The number of piperidine rings is 1. The van der Waals surface area contributed by atoms with Gasteiger partial charge in [-0.15, -0.1) is 0 Å². The number of hydrogen-bond acceptors (Lipinski definition) is 3. The highest BCUT2D eigenvalue weighted by atomic mass is 16.4. The molecule has 1 aliphatic rings. The van der Waals surface area contributed by atoms with E-state index in [1.54, 1.807) is 11.0 Å². The van der Waals surface area contributed by atoms with E-state index >= 15 is 0 Å². The lowest BCUT2D eigenvalue weighted by Gasteiger charge is -2.30. The summed E-state index contributed by atoms with van der Waals surface area (Å²) < 4.78 is 5.53. The van der Waals surface area contributed by atoms with Crippen LogP contribution in [0.4, 0.5) is 5.69 Å². The zero-order valence-electron chi connectivity index (χ0n) is 13.8. The van der Waals surface area contributed by atoms with Crippen LogP contribution in [0.25, 0.3) is 0 Å². The Morgan fingerprint density at radius 3 is 2.46 bits per heavy atom. The molecule has 0 spiro atoms. The van der Waals surface area contributed by atoms with Crippen molar-refractivity contribution in [3.8, 4) is 0 Å². The number of para-hydroxylation sites is 1. The zero-order valence-corrected chi connectivity index (χ0v) is 13.8. The van der Waals surface area contributed by atoms with Gasteiger partial charge >= 0.3 is 0 Å². The highest BCUT2D eigenvalue weighted by molar-refractivity contribution is 5.94. The quantitative estimate of drug-likeness (QED) is 0.937. The Bertz CT molecular complexity index is 700. The molecule has 1 fully saturated rings. The maximum absolute atomic E-state index is 12.4. The van der Waals surface area contributed by atoms with Gasteiger partial charge in [0.15, 0.2) is 5.76 Å². The van der Waals surface area contributed by atoms with Crippen molar-refractivity contribution in [1.29, 1.82) is 0 Å². The van der Waals surface area contributed by atoms with Crippen LogP contribution in [0, 0.1) is 5.92 Å². The van der Waals surface area contributed by atoms with Gasteiger partial charge in [-0.25, -0.2) is 0 Å². The lowest BCUT2D eigenvalue weighted by Crippen LogP contribution is -2.41. The summed E-state index contributed by atoms with van der Waals surface area (Å²) in [4.78, 5) is 26.5. The minimum atomic E-state index is -0.0865. The summed E-state index contributed by atoms with van der Waals surface area (Å²) in [5.41, 5.74) is 0.809. The maximum Gasteiger partial charge on any atom is 0.289 e. The van der Waals surface area contributed by atoms with Crippen LogP contribution in [-0.4, -0.2) is 29.8 Å². The van der Waals surface area contributed by atoms with Gasteiger partial charge in [0.1, 0.15) is 5.76 Å². The van der Waals surface area contributed by atoms with Crippen LogP contribution in [0.5, 0.6) is 0 Å². The number of nitrogens with zero attached hydrogens (tertiary/aromatic N) is 1. The molecule has 1 aromatic carbocycles. The number of carbonyl (C=O) groups excluding carboxylic acids is 2. The molecule has 1 aromatic heterocycles. The third kappa shape index (κ3) is 3.67. The second kappa shape index (κ2) is 7.34. The number of likely N-dealkylation sites (tertiary alicyclic amines) is 1. The number of furan rings is 1. The Morgan fingerprint density at radius 2 is 1.83 bits per heavy atom. The monoisotopic (exact) mass is 326 g/mol. The SMILES string of the molecule is CCc1ccc(C(=O)N2CCC(C(=O)Nc3ccccc3)CC2)o1. The third-order valence-electron chi connectivity index (χ3n) is 4.42. The maximum atomic E-state index is 12.4. The Balaban J connectivity index is 1.53. The topological polar surface area (TPSA) is 62.6 Å². The first-order chi connectivity index (χ1) is 11.7. The largest absolute Gasteiger partial charge is 0.456 e. The van der Waals surface area contributed by atoms with E-state index in [0.29, 0.717) is 31.7 Å². The van der Waals surface area contributed by atoms with Crippen LogP contribution in [0.3, 0.4) is 0 Å². The molecule has 1 N–H and O–H groups in total. The average Bonchev–Trinajstić information content (AvgIpc) is 3.11. The van der Waals surface area contributed by atoms with Gasteiger partial charge in [0.25, 0.3) is 5.91 Å². The van der Waals surface area contributed by atoms with Gasteiger partial charge in [-0.1, -0.05) is 25.1 Å². The number of hydrogen-bond donors (Lipinski definition) is 1. The Hall–Kier alpha value is -2.56. The van der Waals surface area contributed by atoms with Gasteiger partial charge in [0.05, 0.1) is 0 Å². The molecule has 2 aromatic rings. The number of rotatable bonds is 4. The smallest absolute Gasteiger partial charge is 0.289 e. The number of aryl methyl sites for hydroxylation is 1. The molecule has 126 valence electrons. The molecule has 2 heterocycles. The standard InChI is InChI=1S/C19H22N2O3/c1-2-16-8-9-17(24-16)19(23)21-12-10-14(11-13-21)18(22)20-15-6-4-3-5-7-15/h3-9,14H,2,10-13H2,1H3,(H,20,22). The third-order valence-corrected chi connectivity index (χ3v) is 4.42. The fraction of sp³-hybridized carbons (Fsp3) is 0.368. The molecule has 5 nitrogen and oxygen atoms in total. The second-order valence-corrected chi connectivity index (χ2v) is 6.04. The first-order valence-electron chi connectivity index (χ1n) is 8.41. The number of anilines is 1. The summed E-state index contributed by atoms with van der Waals surface area (Å²) in [5, 5.41) is 2.94. The van der Waals surface area contributed by atoms with Gasteiger partial charge in [-0.2, -0.15) is 0 Å². The fourth-order valence-electron chi connectivity index (χ4n) is 2.95. The van der Waals surface area contributed by atoms with Crippen molar-refractivity contribution in [2.24, 2.45) is 5.92 Å². The first-order valence-corrected chi connectivity index (χ1v) is 8.41. The average molecular weight is 326 g/mol. The van der Waals surface area contributed by atoms with E-state index in [1.165, 1.54) is 0 Å². The predicted molar refractivity (Wildman–Crippen MR) is 91.8 cm³/mol. The van der Waals surface area contributed by atoms with Crippen molar-refractivity contribution < 1.29 is 14.0 Å². The van der Waals surface area contributed by atoms with Gasteiger partial charge in [0.2, 0.25) is 5.91 Å². The van der Waals surface area contributed by atoms with E-state index in [2.05, 4.69) is 5.32 Å². The summed E-state index contributed by atoms with van der Waals surface area (Å²) in [7, 11) is 0. The molecule has 3 rings (SSSR count). The lowest BCUT2D eigenvalue weighted by atomic mass is 9.95. The van der Waals surface area contributed by atoms with Gasteiger partial charge < -0.3 is 14.6 Å². The van der Waals surface area contributed by atoms with Gasteiger partial charge in [0, 0.05) is 31.1 Å². The lowest BCUT2D eigenvalue weighted by molar-refractivity contribution is -0.121. The van der Waals surface area contributed by atoms with Crippen molar-refractivity contribution in [3.05, 3.63) is 54.0 Å². The van der Waals surface area contributed by atoms with Crippen LogP contribution in [0.1, 0.15) is 36.1 Å². The molecular weight excluding hydrogens is 304 g/mol. The Morgan fingerprint density at radius 1 is 1.12 bits per heavy atom. The normalized spacial score (nSPS) is 15.3. The van der Waals surface area contributed by atoms with Gasteiger partial charge in [-0.3, -0.25) is 9.59 Å². The van der Waals surface area contributed by atoms with Crippen molar-refractivity contribution in [2.75, 3.05) is 18.4 Å². The summed E-state index contributed by atoms with van der Waals surface area (Å²) >= 11 is 0. The second-order valence-electron chi connectivity index (χ2n) is 6.04. The minimum absolute atomic E-state index is 0.0274. The van der Waals surface area contributed by atoms with E-state index in [4.69, 9.17) is 4.42 Å². The molecular formula is C19H22N2O3. The van der Waals surface area contributed by atoms with E-state index < -0.39 is 0 Å². The molecule has 1 aliphatic heterocycles. The number of amides is 2. The Labute approximate surface area is 141 Å². The molecule has 0 radical (unpaired) electrons. The van der Waals surface area contributed by atoms with Crippen molar-refractivity contribution in [1.82, 2.24) is 4.90 Å². The van der Waals surface area contributed by atoms with E-state index in [1.807, 2.05) is 43.3 Å². The molecule has 0 bridgehead atoms. The van der Waals surface area contributed by atoms with Crippen LogP contribution in [-0.2, 0) is 11.2 Å². The fourth-order valence-corrected chi connectivity index (χ4v) is 2.95. The van der Waals surface area contributed by atoms with Gasteiger partial charge in [-0.05, 0) is 37.1 Å². The highest BCUT2D eigenvalue weighted by Crippen LogP contribution is 2.21. The van der Waals surface area contributed by atoms with E-state index in [9.17, 15) is 9.59 Å². The van der Waals surface area contributed by atoms with Crippen LogP contribution >= 0.6 is 0 Å². The van der Waals surface area contributed by atoms with Crippen LogP contribution in [0.2, 0.25) is 0 Å². The minimum Gasteiger partial charge on any atom is -0.456 e. The van der Waals surface area contributed by atoms with Crippen molar-refractivity contribution in [3.63, 3.8) is 0 Å². The summed E-state index contributed by atoms with van der Waals surface area (Å²) in [6, 6.07) is 13.0. The molecule has 2 amide bonds. The molecule has 1 saturated heterocycles. The highest BCUT2D eigenvalue weighted by Gasteiger charge is 2.29. The summed E-state index contributed by atoms with van der Waals surface area (Å²) in [6.07, 6.45) is 2.12. The number of nitrogens with one attached hydrogen (secondary N) is 1. The molecule has 0 atom stereocenters. The van der Waals surface area contributed by atoms with Crippen molar-refractivity contribution in [2.45, 2.75) is 26.2 Å². The summed E-state index contributed by atoms with van der Waals surface area (Å²) in [5.74, 6) is 1.09. The van der Waals surface area contributed by atoms with Crippen LogP contribution in [0.15, 0.2) is 46.9 Å². The first kappa shape index (κ1) is 16.3. The van der Waals surface area contributed by atoms with Crippen LogP contribution < -0.4 is 5.32 Å². The van der Waals surface area contributed by atoms with E-state index in [0.717, 1.165) is 17.9 Å². The molecule has 24 heavy (non-hydrogen) atoms. The zero-order chi connectivity index (χ0) is 16.9. The molecule has 0 unspecified atom stereocenters. The van der Waals surface area contributed by atoms with E-state index in [-0.39, 0.29) is 17.7 Å². The number of benzene rings is 1. The number of carbonyl (C=O) groups is 2. The van der Waals surface area contributed by atoms with Crippen molar-refractivity contribution >= 4 is 17.5 Å². The predicted octanol–water partition coefficient (Wildman–Crippen LogP) is 3.33. The molecule has 5 heteroatoms. The molecule has 0 saturated carbocycles. The Kier molecular flexibility index (Phi) is 4.99. The molecule has 0 aliphatic carbocycles.